The fourth-order valence-electron chi connectivity index (χ4n) is 1.57. The van der Waals surface area contributed by atoms with Gasteiger partial charge in [-0.3, -0.25) is 4.68 Å². The molecule has 0 radical (unpaired) electrons. The lowest BCUT2D eigenvalue weighted by atomic mass is 10.1. The molecule has 1 atom stereocenters. The van der Waals surface area contributed by atoms with Crippen molar-refractivity contribution in [2.45, 2.75) is 31.9 Å². The van der Waals surface area contributed by atoms with Crippen LogP contribution in [0.4, 0.5) is 0 Å². The smallest absolute Gasteiger partial charge is 0.0770 e. The molecule has 0 spiro atoms. The zero-order chi connectivity index (χ0) is 8.23. The van der Waals surface area contributed by atoms with Gasteiger partial charge in [0.15, 0.2) is 0 Å². The quantitative estimate of drug-likeness (QED) is 0.665. The SMILES string of the molecule is c1cnn(C[C@H]2CCCCO2)c1. The zero-order valence-electron chi connectivity index (χ0n) is 7.15. The minimum absolute atomic E-state index is 0.388. The van der Waals surface area contributed by atoms with Crippen molar-refractivity contribution in [1.82, 2.24) is 9.78 Å². The van der Waals surface area contributed by atoms with E-state index >= 15 is 0 Å². The van der Waals surface area contributed by atoms with Crippen molar-refractivity contribution in [2.24, 2.45) is 0 Å². The Balaban J connectivity index is 1.86. The maximum Gasteiger partial charge on any atom is 0.0770 e. The van der Waals surface area contributed by atoms with Crippen molar-refractivity contribution in [3.8, 4) is 0 Å². The molecule has 3 heteroatoms. The number of aromatic nitrogens is 2. The van der Waals surface area contributed by atoms with Crippen LogP contribution < -0.4 is 0 Å². The Morgan fingerprint density at radius 2 is 2.50 bits per heavy atom. The summed E-state index contributed by atoms with van der Waals surface area (Å²) in [7, 11) is 0. The van der Waals surface area contributed by atoms with Crippen molar-refractivity contribution in [2.75, 3.05) is 6.61 Å². The van der Waals surface area contributed by atoms with Crippen molar-refractivity contribution in [3.63, 3.8) is 0 Å². The summed E-state index contributed by atoms with van der Waals surface area (Å²) in [5, 5.41) is 4.15. The highest BCUT2D eigenvalue weighted by molar-refractivity contribution is 4.79. The topological polar surface area (TPSA) is 27.1 Å². The molecule has 0 unspecified atom stereocenters. The van der Waals surface area contributed by atoms with Gasteiger partial charge in [0.25, 0.3) is 0 Å². The molecule has 2 rings (SSSR count). The van der Waals surface area contributed by atoms with E-state index in [4.69, 9.17) is 4.74 Å². The maximum absolute atomic E-state index is 5.59. The van der Waals surface area contributed by atoms with Gasteiger partial charge in [-0.05, 0) is 25.3 Å². The van der Waals surface area contributed by atoms with Crippen molar-refractivity contribution < 1.29 is 4.74 Å². The van der Waals surface area contributed by atoms with Crippen LogP contribution in [0, 0.1) is 0 Å². The molecular weight excluding hydrogens is 152 g/mol. The highest BCUT2D eigenvalue weighted by atomic mass is 16.5. The zero-order valence-corrected chi connectivity index (χ0v) is 7.15. The second-order valence-corrected chi connectivity index (χ2v) is 3.22. The van der Waals surface area contributed by atoms with Crippen molar-refractivity contribution >= 4 is 0 Å². The van der Waals surface area contributed by atoms with Gasteiger partial charge in [0.05, 0.1) is 12.6 Å². The molecule has 0 N–H and O–H groups in total. The summed E-state index contributed by atoms with van der Waals surface area (Å²) in [4.78, 5) is 0. The predicted molar refractivity (Wildman–Crippen MR) is 45.8 cm³/mol. The summed E-state index contributed by atoms with van der Waals surface area (Å²) in [6, 6.07) is 1.95. The summed E-state index contributed by atoms with van der Waals surface area (Å²) < 4.78 is 7.53. The molecule has 3 nitrogen and oxygen atoms in total. The third-order valence-corrected chi connectivity index (χ3v) is 2.22. The molecule has 1 fully saturated rings. The fraction of sp³-hybridized carbons (Fsp3) is 0.667. The lowest BCUT2D eigenvalue weighted by Gasteiger charge is -2.22. The first-order valence-corrected chi connectivity index (χ1v) is 4.54. The number of rotatable bonds is 2. The van der Waals surface area contributed by atoms with E-state index in [-0.39, 0.29) is 0 Å². The van der Waals surface area contributed by atoms with Crippen LogP contribution in [-0.4, -0.2) is 22.5 Å². The molecule has 0 saturated carbocycles. The Morgan fingerprint density at radius 1 is 1.50 bits per heavy atom. The molecule has 0 bridgehead atoms. The minimum Gasteiger partial charge on any atom is -0.376 e. The average molecular weight is 166 g/mol. The van der Waals surface area contributed by atoms with E-state index < -0.39 is 0 Å². The third kappa shape index (κ3) is 1.85. The summed E-state index contributed by atoms with van der Waals surface area (Å²) in [6.07, 6.45) is 7.88. The van der Waals surface area contributed by atoms with Gasteiger partial charge in [-0.2, -0.15) is 5.10 Å². The van der Waals surface area contributed by atoms with E-state index in [1.807, 2.05) is 23.1 Å². The molecule has 1 aliphatic heterocycles. The second-order valence-electron chi connectivity index (χ2n) is 3.22. The first kappa shape index (κ1) is 7.80. The van der Waals surface area contributed by atoms with Crippen LogP contribution in [0.2, 0.25) is 0 Å². The highest BCUT2D eigenvalue weighted by Crippen LogP contribution is 2.13. The number of hydrogen-bond acceptors (Lipinski definition) is 2. The van der Waals surface area contributed by atoms with Gasteiger partial charge in [0.2, 0.25) is 0 Å². The Labute approximate surface area is 72.3 Å². The summed E-state index contributed by atoms with van der Waals surface area (Å²) >= 11 is 0. The van der Waals surface area contributed by atoms with Gasteiger partial charge in [0.1, 0.15) is 0 Å². The van der Waals surface area contributed by atoms with Crippen LogP contribution in [0.3, 0.4) is 0 Å². The maximum atomic E-state index is 5.59. The van der Waals surface area contributed by atoms with Gasteiger partial charge in [-0.25, -0.2) is 0 Å². The van der Waals surface area contributed by atoms with Gasteiger partial charge in [-0.1, -0.05) is 0 Å². The molecule has 1 aromatic rings. The van der Waals surface area contributed by atoms with E-state index in [0.717, 1.165) is 13.2 Å². The first-order valence-electron chi connectivity index (χ1n) is 4.54. The van der Waals surface area contributed by atoms with Gasteiger partial charge in [0, 0.05) is 19.0 Å². The van der Waals surface area contributed by atoms with Crippen LogP contribution in [0.15, 0.2) is 18.5 Å². The molecule has 0 aromatic carbocycles. The highest BCUT2D eigenvalue weighted by Gasteiger charge is 2.13. The predicted octanol–water partition coefficient (Wildman–Crippen LogP) is 1.45. The Kier molecular flexibility index (Phi) is 2.42. The van der Waals surface area contributed by atoms with E-state index in [1.54, 1.807) is 0 Å². The largest absolute Gasteiger partial charge is 0.376 e. The summed E-state index contributed by atoms with van der Waals surface area (Å²) in [5.74, 6) is 0. The average Bonchev–Trinajstić information content (AvgIpc) is 2.59. The normalized spacial score (nSPS) is 24.2. The monoisotopic (exact) mass is 166 g/mol. The third-order valence-electron chi connectivity index (χ3n) is 2.22. The molecule has 66 valence electrons. The summed E-state index contributed by atoms with van der Waals surface area (Å²) in [6.45, 7) is 1.83. The molecule has 2 heterocycles. The molecule has 1 aliphatic rings. The Hall–Kier alpha value is -0.830. The van der Waals surface area contributed by atoms with Crippen LogP contribution in [0.1, 0.15) is 19.3 Å². The number of nitrogens with zero attached hydrogens (tertiary/aromatic N) is 2. The molecule has 0 amide bonds. The lowest BCUT2D eigenvalue weighted by molar-refractivity contribution is 0.00399. The molecule has 0 aliphatic carbocycles. The van der Waals surface area contributed by atoms with E-state index in [9.17, 15) is 0 Å². The molecular formula is C9H14N2O. The Bertz CT molecular complexity index is 214. The van der Waals surface area contributed by atoms with Crippen LogP contribution in [0.25, 0.3) is 0 Å². The summed E-state index contributed by atoms with van der Waals surface area (Å²) in [5.41, 5.74) is 0. The van der Waals surface area contributed by atoms with Crippen LogP contribution >= 0.6 is 0 Å². The second kappa shape index (κ2) is 3.72. The van der Waals surface area contributed by atoms with Gasteiger partial charge in [-0.15, -0.1) is 0 Å². The number of hydrogen-bond donors (Lipinski definition) is 0. The van der Waals surface area contributed by atoms with E-state index in [1.165, 1.54) is 19.3 Å². The van der Waals surface area contributed by atoms with E-state index in [2.05, 4.69) is 5.10 Å². The van der Waals surface area contributed by atoms with Crippen LogP contribution in [0.5, 0.6) is 0 Å². The number of ether oxygens (including phenoxy) is 1. The first-order chi connectivity index (χ1) is 5.95. The van der Waals surface area contributed by atoms with Crippen LogP contribution in [-0.2, 0) is 11.3 Å². The van der Waals surface area contributed by atoms with Gasteiger partial charge < -0.3 is 4.74 Å². The van der Waals surface area contributed by atoms with Crippen molar-refractivity contribution in [3.05, 3.63) is 18.5 Å². The fourth-order valence-corrected chi connectivity index (χ4v) is 1.57. The molecule has 1 aromatic heterocycles. The molecule has 12 heavy (non-hydrogen) atoms. The standard InChI is InChI=1S/C9H14N2O/c1-2-7-12-9(4-1)8-11-6-3-5-10-11/h3,5-6,9H,1-2,4,7-8H2/t9-/m1/s1. The Morgan fingerprint density at radius 3 is 3.17 bits per heavy atom. The molecule has 1 saturated heterocycles. The van der Waals surface area contributed by atoms with Crippen molar-refractivity contribution in [1.29, 1.82) is 0 Å². The van der Waals surface area contributed by atoms with Gasteiger partial charge >= 0.3 is 0 Å². The van der Waals surface area contributed by atoms with E-state index in [0.29, 0.717) is 6.10 Å². The lowest BCUT2D eigenvalue weighted by Crippen LogP contribution is -2.24. The minimum atomic E-state index is 0.388.